The third-order valence-electron chi connectivity index (χ3n) is 3.67. The van der Waals surface area contributed by atoms with Gasteiger partial charge in [0.05, 0.1) is 24.6 Å². The lowest BCUT2D eigenvalue weighted by Gasteiger charge is -2.21. The van der Waals surface area contributed by atoms with Crippen LogP contribution in [0.25, 0.3) is 0 Å². The van der Waals surface area contributed by atoms with Crippen LogP contribution in [0.2, 0.25) is 0 Å². The first-order chi connectivity index (χ1) is 10.3. The van der Waals surface area contributed by atoms with Crippen LogP contribution in [0, 0.1) is 0 Å². The molecule has 0 aliphatic heterocycles. The first kappa shape index (κ1) is 15.8. The van der Waals surface area contributed by atoms with E-state index in [0.717, 1.165) is 25.1 Å². The number of amides is 1. The maximum atomic E-state index is 11.9. The van der Waals surface area contributed by atoms with Crippen molar-refractivity contribution >= 4 is 11.6 Å². The fourth-order valence-electron chi connectivity index (χ4n) is 2.55. The number of rotatable bonds is 7. The molecular formula is C16H25N3O2. The highest BCUT2D eigenvalue weighted by Gasteiger charge is 2.13. The van der Waals surface area contributed by atoms with Gasteiger partial charge in [-0.1, -0.05) is 19.3 Å². The molecule has 1 aliphatic rings. The molecule has 0 radical (unpaired) electrons. The van der Waals surface area contributed by atoms with Gasteiger partial charge in [-0.05, 0) is 31.9 Å². The average Bonchev–Trinajstić information content (AvgIpc) is 2.53. The minimum absolute atomic E-state index is 0.148. The van der Waals surface area contributed by atoms with E-state index in [0.29, 0.717) is 24.9 Å². The minimum atomic E-state index is -0.148. The molecule has 0 unspecified atom stereocenters. The third-order valence-corrected chi connectivity index (χ3v) is 3.67. The van der Waals surface area contributed by atoms with E-state index in [-0.39, 0.29) is 5.91 Å². The van der Waals surface area contributed by atoms with Gasteiger partial charge in [0.15, 0.2) is 0 Å². The van der Waals surface area contributed by atoms with Crippen molar-refractivity contribution in [2.24, 2.45) is 0 Å². The van der Waals surface area contributed by atoms with Gasteiger partial charge in [0.25, 0.3) is 5.91 Å². The number of nitrogens with zero attached hydrogens (tertiary/aromatic N) is 1. The van der Waals surface area contributed by atoms with Gasteiger partial charge in [0, 0.05) is 13.1 Å². The zero-order valence-electron chi connectivity index (χ0n) is 12.7. The van der Waals surface area contributed by atoms with Gasteiger partial charge >= 0.3 is 0 Å². The van der Waals surface area contributed by atoms with Crippen LogP contribution in [0.3, 0.4) is 0 Å². The second-order valence-electron chi connectivity index (χ2n) is 5.35. The molecule has 5 nitrogen and oxygen atoms in total. The Bertz CT molecular complexity index is 428. The fraction of sp³-hybridized carbons (Fsp3) is 0.625. The molecule has 0 saturated heterocycles. The SMILES string of the molecule is CCNc1ccc(C(=O)NCCOC2CCCCC2)nc1. The molecule has 1 saturated carbocycles. The van der Waals surface area contributed by atoms with Gasteiger partial charge in [-0.3, -0.25) is 4.79 Å². The summed E-state index contributed by atoms with van der Waals surface area (Å²) in [6.45, 7) is 3.97. The monoisotopic (exact) mass is 291 g/mol. The normalized spacial score (nSPS) is 15.7. The summed E-state index contributed by atoms with van der Waals surface area (Å²) in [6.07, 6.45) is 8.22. The lowest BCUT2D eigenvalue weighted by molar-refractivity contribution is 0.0299. The number of ether oxygens (including phenoxy) is 1. The average molecular weight is 291 g/mol. The number of carbonyl (C=O) groups excluding carboxylic acids is 1. The molecule has 116 valence electrons. The largest absolute Gasteiger partial charge is 0.384 e. The number of hydrogen-bond acceptors (Lipinski definition) is 4. The van der Waals surface area contributed by atoms with Crippen LogP contribution in [0.1, 0.15) is 49.5 Å². The van der Waals surface area contributed by atoms with Crippen LogP contribution in [-0.2, 0) is 4.74 Å². The Morgan fingerprint density at radius 1 is 1.33 bits per heavy atom. The first-order valence-corrected chi connectivity index (χ1v) is 7.89. The lowest BCUT2D eigenvalue weighted by Crippen LogP contribution is -2.29. The molecule has 1 amide bonds. The van der Waals surface area contributed by atoms with Crippen molar-refractivity contribution in [3.8, 4) is 0 Å². The Kier molecular flexibility index (Phi) is 6.47. The predicted octanol–water partition coefficient (Wildman–Crippen LogP) is 2.59. The number of pyridine rings is 1. The molecule has 1 heterocycles. The topological polar surface area (TPSA) is 63.2 Å². The van der Waals surface area contributed by atoms with Crippen molar-refractivity contribution < 1.29 is 9.53 Å². The highest BCUT2D eigenvalue weighted by Crippen LogP contribution is 2.19. The van der Waals surface area contributed by atoms with Crippen LogP contribution < -0.4 is 10.6 Å². The van der Waals surface area contributed by atoms with Crippen LogP contribution in [0.4, 0.5) is 5.69 Å². The van der Waals surface area contributed by atoms with Crippen LogP contribution in [0.15, 0.2) is 18.3 Å². The Morgan fingerprint density at radius 3 is 2.81 bits per heavy atom. The molecule has 1 fully saturated rings. The quantitative estimate of drug-likeness (QED) is 0.758. The summed E-state index contributed by atoms with van der Waals surface area (Å²) in [7, 11) is 0. The molecule has 0 spiro atoms. The van der Waals surface area contributed by atoms with Gasteiger partial charge in [0.1, 0.15) is 5.69 Å². The molecule has 2 rings (SSSR count). The van der Waals surface area contributed by atoms with Crippen LogP contribution >= 0.6 is 0 Å². The highest BCUT2D eigenvalue weighted by molar-refractivity contribution is 5.92. The number of aromatic nitrogens is 1. The highest BCUT2D eigenvalue weighted by atomic mass is 16.5. The summed E-state index contributed by atoms with van der Waals surface area (Å²) in [5.41, 5.74) is 1.36. The van der Waals surface area contributed by atoms with Crippen LogP contribution in [0.5, 0.6) is 0 Å². The van der Waals surface area contributed by atoms with Gasteiger partial charge in [-0.2, -0.15) is 0 Å². The molecule has 1 aromatic rings. The van der Waals surface area contributed by atoms with E-state index in [1.54, 1.807) is 12.3 Å². The fourth-order valence-corrected chi connectivity index (χ4v) is 2.55. The van der Waals surface area contributed by atoms with Crippen molar-refractivity contribution in [1.29, 1.82) is 0 Å². The number of hydrogen-bond donors (Lipinski definition) is 2. The zero-order chi connectivity index (χ0) is 14.9. The van der Waals surface area contributed by atoms with Crippen LogP contribution in [-0.4, -0.2) is 36.7 Å². The third kappa shape index (κ3) is 5.34. The van der Waals surface area contributed by atoms with Gasteiger partial charge in [-0.25, -0.2) is 4.98 Å². The molecule has 5 heteroatoms. The molecule has 2 N–H and O–H groups in total. The predicted molar refractivity (Wildman–Crippen MR) is 83.6 cm³/mol. The Morgan fingerprint density at radius 2 is 2.14 bits per heavy atom. The molecule has 1 aromatic heterocycles. The van der Waals surface area contributed by atoms with E-state index in [1.165, 1.54) is 19.3 Å². The summed E-state index contributed by atoms with van der Waals surface area (Å²) in [4.78, 5) is 16.1. The van der Waals surface area contributed by atoms with Crippen molar-refractivity contribution in [2.45, 2.75) is 45.1 Å². The number of carbonyl (C=O) groups is 1. The lowest BCUT2D eigenvalue weighted by atomic mass is 9.98. The van der Waals surface area contributed by atoms with Crippen molar-refractivity contribution in [2.75, 3.05) is 25.0 Å². The van der Waals surface area contributed by atoms with E-state index < -0.39 is 0 Å². The minimum Gasteiger partial charge on any atom is -0.384 e. The smallest absolute Gasteiger partial charge is 0.269 e. The van der Waals surface area contributed by atoms with Gasteiger partial charge in [-0.15, -0.1) is 0 Å². The van der Waals surface area contributed by atoms with E-state index >= 15 is 0 Å². The molecule has 1 aliphatic carbocycles. The Hall–Kier alpha value is -1.62. The molecular weight excluding hydrogens is 266 g/mol. The zero-order valence-corrected chi connectivity index (χ0v) is 12.7. The van der Waals surface area contributed by atoms with Crippen molar-refractivity contribution in [1.82, 2.24) is 10.3 Å². The number of nitrogens with one attached hydrogen (secondary N) is 2. The van der Waals surface area contributed by atoms with Gasteiger partial charge in [0.2, 0.25) is 0 Å². The molecule has 0 aromatic carbocycles. The maximum Gasteiger partial charge on any atom is 0.269 e. The summed E-state index contributed by atoms with van der Waals surface area (Å²) in [5, 5.41) is 5.99. The Balaban J connectivity index is 1.66. The van der Waals surface area contributed by atoms with E-state index in [1.807, 2.05) is 13.0 Å². The summed E-state index contributed by atoms with van der Waals surface area (Å²) >= 11 is 0. The Labute approximate surface area is 126 Å². The molecule has 0 bridgehead atoms. The van der Waals surface area contributed by atoms with E-state index in [4.69, 9.17) is 4.74 Å². The summed E-state index contributed by atoms with van der Waals surface area (Å²) in [5.74, 6) is -0.148. The molecule has 21 heavy (non-hydrogen) atoms. The van der Waals surface area contributed by atoms with E-state index in [2.05, 4.69) is 15.6 Å². The maximum absolute atomic E-state index is 11.9. The number of anilines is 1. The molecule has 0 atom stereocenters. The second-order valence-corrected chi connectivity index (χ2v) is 5.35. The summed E-state index contributed by atoms with van der Waals surface area (Å²) < 4.78 is 5.78. The first-order valence-electron chi connectivity index (χ1n) is 7.89. The van der Waals surface area contributed by atoms with Crippen molar-refractivity contribution in [3.05, 3.63) is 24.0 Å². The van der Waals surface area contributed by atoms with Gasteiger partial charge < -0.3 is 15.4 Å². The standard InChI is InChI=1S/C16H25N3O2/c1-2-17-13-8-9-15(19-12-13)16(20)18-10-11-21-14-6-4-3-5-7-14/h8-9,12,14,17H,2-7,10-11H2,1H3,(H,18,20). The van der Waals surface area contributed by atoms with Crippen molar-refractivity contribution in [3.63, 3.8) is 0 Å². The second kappa shape index (κ2) is 8.62. The summed E-state index contributed by atoms with van der Waals surface area (Å²) in [6, 6.07) is 3.60. The van der Waals surface area contributed by atoms with E-state index in [9.17, 15) is 4.79 Å².